The van der Waals surface area contributed by atoms with Crippen molar-refractivity contribution >= 4 is 11.4 Å². The van der Waals surface area contributed by atoms with E-state index in [1.807, 2.05) is 29.9 Å². The van der Waals surface area contributed by atoms with E-state index in [-0.39, 0.29) is 10.6 Å². The maximum Gasteiger partial charge on any atom is 0.272 e. The van der Waals surface area contributed by atoms with E-state index in [1.54, 1.807) is 19.1 Å². The molecular formula is C13H15N3O2. The number of nitro benzene ring substituents is 1. The van der Waals surface area contributed by atoms with Gasteiger partial charge >= 0.3 is 0 Å². The second-order valence-electron chi connectivity index (χ2n) is 4.22. The Kier molecular flexibility index (Phi) is 3.32. The van der Waals surface area contributed by atoms with Crippen molar-refractivity contribution in [2.24, 2.45) is 7.05 Å². The summed E-state index contributed by atoms with van der Waals surface area (Å²) in [5.41, 5.74) is 2.86. The second kappa shape index (κ2) is 4.91. The molecule has 0 atom stereocenters. The van der Waals surface area contributed by atoms with Crippen LogP contribution in [0.1, 0.15) is 11.3 Å². The number of benzene rings is 1. The van der Waals surface area contributed by atoms with E-state index in [2.05, 4.69) is 5.32 Å². The van der Waals surface area contributed by atoms with Gasteiger partial charge in [-0.15, -0.1) is 0 Å². The van der Waals surface area contributed by atoms with Gasteiger partial charge in [-0.2, -0.15) is 0 Å². The number of hydrogen-bond acceptors (Lipinski definition) is 3. The van der Waals surface area contributed by atoms with Gasteiger partial charge in [0.2, 0.25) is 0 Å². The molecule has 0 aliphatic rings. The van der Waals surface area contributed by atoms with Crippen molar-refractivity contribution in [3.63, 3.8) is 0 Å². The van der Waals surface area contributed by atoms with Gasteiger partial charge in [-0.05, 0) is 31.2 Å². The Morgan fingerprint density at radius 2 is 2.17 bits per heavy atom. The number of hydrogen-bond donors (Lipinski definition) is 1. The first kappa shape index (κ1) is 12.2. The molecule has 94 valence electrons. The third kappa shape index (κ3) is 2.51. The summed E-state index contributed by atoms with van der Waals surface area (Å²) in [7, 11) is 1.98. The molecule has 0 fully saturated rings. The molecule has 0 radical (unpaired) electrons. The zero-order valence-corrected chi connectivity index (χ0v) is 10.4. The predicted octanol–water partition coefficient (Wildman–Crippen LogP) is 2.85. The van der Waals surface area contributed by atoms with Crippen molar-refractivity contribution in [3.05, 3.63) is 57.9 Å². The predicted molar refractivity (Wildman–Crippen MR) is 70.6 cm³/mol. The van der Waals surface area contributed by atoms with Gasteiger partial charge in [0.05, 0.1) is 11.5 Å². The fourth-order valence-electron chi connectivity index (χ4n) is 1.84. The summed E-state index contributed by atoms with van der Waals surface area (Å²) >= 11 is 0. The van der Waals surface area contributed by atoms with Crippen LogP contribution in [0.4, 0.5) is 11.4 Å². The molecule has 18 heavy (non-hydrogen) atoms. The fourth-order valence-corrected chi connectivity index (χ4v) is 1.84. The highest BCUT2D eigenvalue weighted by atomic mass is 16.6. The van der Waals surface area contributed by atoms with Crippen LogP contribution < -0.4 is 5.32 Å². The van der Waals surface area contributed by atoms with Crippen molar-refractivity contribution in [1.82, 2.24) is 4.57 Å². The molecule has 1 N–H and O–H groups in total. The molecule has 2 rings (SSSR count). The zero-order chi connectivity index (χ0) is 13.1. The summed E-state index contributed by atoms with van der Waals surface area (Å²) < 4.78 is 2.03. The van der Waals surface area contributed by atoms with Gasteiger partial charge in [0, 0.05) is 36.3 Å². The first-order valence-corrected chi connectivity index (χ1v) is 5.67. The van der Waals surface area contributed by atoms with Gasteiger partial charge in [0.25, 0.3) is 5.69 Å². The number of aryl methyl sites for hydroxylation is 2. The molecule has 0 amide bonds. The smallest absolute Gasteiger partial charge is 0.272 e. The van der Waals surface area contributed by atoms with Gasteiger partial charge in [-0.25, -0.2) is 0 Å². The lowest BCUT2D eigenvalue weighted by molar-refractivity contribution is -0.385. The van der Waals surface area contributed by atoms with Crippen LogP contribution in [0.5, 0.6) is 0 Å². The highest BCUT2D eigenvalue weighted by Crippen LogP contribution is 2.21. The maximum absolute atomic E-state index is 10.7. The molecule has 1 heterocycles. The molecule has 0 saturated heterocycles. The number of anilines is 1. The first-order chi connectivity index (χ1) is 8.58. The van der Waals surface area contributed by atoms with Gasteiger partial charge in [0.1, 0.15) is 0 Å². The summed E-state index contributed by atoms with van der Waals surface area (Å²) in [6.07, 6.45) is 1.98. The lowest BCUT2D eigenvalue weighted by atomic mass is 10.2. The molecule has 1 aromatic heterocycles. The molecule has 0 unspecified atom stereocenters. The minimum atomic E-state index is -0.365. The zero-order valence-electron chi connectivity index (χ0n) is 10.4. The normalized spacial score (nSPS) is 10.3. The summed E-state index contributed by atoms with van der Waals surface area (Å²) in [4.78, 5) is 10.3. The topological polar surface area (TPSA) is 60.1 Å². The number of nitrogens with zero attached hydrogens (tertiary/aromatic N) is 2. The van der Waals surface area contributed by atoms with Crippen LogP contribution in [0.15, 0.2) is 36.5 Å². The highest BCUT2D eigenvalue weighted by molar-refractivity contribution is 5.53. The van der Waals surface area contributed by atoms with Gasteiger partial charge in [-0.1, -0.05) is 0 Å². The third-order valence-electron chi connectivity index (χ3n) is 2.92. The molecular weight excluding hydrogens is 230 g/mol. The van der Waals surface area contributed by atoms with E-state index in [1.165, 1.54) is 6.07 Å². The Hall–Kier alpha value is -2.30. The van der Waals surface area contributed by atoms with Crippen LogP contribution in [-0.2, 0) is 13.6 Å². The Morgan fingerprint density at radius 1 is 1.39 bits per heavy atom. The standard InChI is InChI=1S/C13H15N3O2/c1-10-8-11(5-6-13(10)16(17)18)14-9-12-4-3-7-15(12)2/h3-8,14H,9H2,1-2H3. The van der Waals surface area contributed by atoms with E-state index in [0.717, 1.165) is 11.4 Å². The van der Waals surface area contributed by atoms with Crippen LogP contribution in [0.25, 0.3) is 0 Å². The molecule has 0 spiro atoms. The van der Waals surface area contributed by atoms with E-state index in [4.69, 9.17) is 0 Å². The Bertz CT molecular complexity index is 575. The van der Waals surface area contributed by atoms with E-state index < -0.39 is 0 Å². The van der Waals surface area contributed by atoms with Crippen molar-refractivity contribution in [1.29, 1.82) is 0 Å². The molecule has 0 saturated carbocycles. The Morgan fingerprint density at radius 3 is 2.72 bits per heavy atom. The number of nitro groups is 1. The monoisotopic (exact) mass is 245 g/mol. The van der Waals surface area contributed by atoms with Gasteiger partial charge < -0.3 is 9.88 Å². The SMILES string of the molecule is Cc1cc(NCc2cccn2C)ccc1[N+](=O)[O-]. The summed E-state index contributed by atoms with van der Waals surface area (Å²) in [5.74, 6) is 0. The maximum atomic E-state index is 10.7. The van der Waals surface area contributed by atoms with Crippen molar-refractivity contribution in [3.8, 4) is 0 Å². The van der Waals surface area contributed by atoms with E-state index in [0.29, 0.717) is 12.1 Å². The summed E-state index contributed by atoms with van der Waals surface area (Å²) in [6, 6.07) is 9.07. The quantitative estimate of drug-likeness (QED) is 0.665. The Balaban J connectivity index is 2.09. The molecule has 5 nitrogen and oxygen atoms in total. The Labute approximate surface area is 105 Å². The molecule has 0 aliphatic heterocycles. The van der Waals surface area contributed by atoms with Crippen LogP contribution in [0.3, 0.4) is 0 Å². The summed E-state index contributed by atoms with van der Waals surface area (Å²) in [6.45, 7) is 2.44. The molecule has 2 aromatic rings. The molecule has 1 aromatic carbocycles. The lowest BCUT2D eigenvalue weighted by Gasteiger charge is -2.08. The van der Waals surface area contributed by atoms with Gasteiger partial charge in [0.15, 0.2) is 0 Å². The molecule has 0 bridgehead atoms. The first-order valence-electron chi connectivity index (χ1n) is 5.67. The second-order valence-corrected chi connectivity index (χ2v) is 4.22. The fraction of sp³-hybridized carbons (Fsp3) is 0.231. The number of nitrogens with one attached hydrogen (secondary N) is 1. The van der Waals surface area contributed by atoms with E-state index in [9.17, 15) is 10.1 Å². The van der Waals surface area contributed by atoms with Crippen molar-refractivity contribution in [2.75, 3.05) is 5.32 Å². The van der Waals surface area contributed by atoms with Crippen LogP contribution in [0.2, 0.25) is 0 Å². The number of aromatic nitrogens is 1. The van der Waals surface area contributed by atoms with Crippen LogP contribution >= 0.6 is 0 Å². The summed E-state index contributed by atoms with van der Waals surface area (Å²) in [5, 5.41) is 14.0. The average Bonchev–Trinajstić information content (AvgIpc) is 2.72. The lowest BCUT2D eigenvalue weighted by Crippen LogP contribution is -2.04. The van der Waals surface area contributed by atoms with Crippen LogP contribution in [0, 0.1) is 17.0 Å². The minimum Gasteiger partial charge on any atom is -0.379 e. The van der Waals surface area contributed by atoms with Gasteiger partial charge in [-0.3, -0.25) is 10.1 Å². The van der Waals surface area contributed by atoms with E-state index >= 15 is 0 Å². The number of rotatable bonds is 4. The molecule has 5 heteroatoms. The minimum absolute atomic E-state index is 0.152. The van der Waals surface area contributed by atoms with Crippen molar-refractivity contribution in [2.45, 2.75) is 13.5 Å². The van der Waals surface area contributed by atoms with Crippen molar-refractivity contribution < 1.29 is 4.92 Å². The van der Waals surface area contributed by atoms with Crippen LogP contribution in [-0.4, -0.2) is 9.49 Å². The average molecular weight is 245 g/mol. The largest absolute Gasteiger partial charge is 0.379 e. The highest BCUT2D eigenvalue weighted by Gasteiger charge is 2.09. The third-order valence-corrected chi connectivity index (χ3v) is 2.92. The molecule has 0 aliphatic carbocycles.